The van der Waals surface area contributed by atoms with Crippen molar-refractivity contribution in [1.29, 1.82) is 0 Å². The second-order valence-electron chi connectivity index (χ2n) is 6.24. The van der Waals surface area contributed by atoms with Gasteiger partial charge in [0, 0.05) is 38.3 Å². The van der Waals surface area contributed by atoms with Crippen molar-refractivity contribution >= 4 is 29.9 Å². The molecule has 8 heteroatoms. The number of guanidine groups is 1. The molecular formula is C19H29F2IN4O. The molecular weight excluding hydrogens is 465 g/mol. The molecule has 0 unspecified atom stereocenters. The third-order valence-electron chi connectivity index (χ3n) is 4.32. The van der Waals surface area contributed by atoms with E-state index in [1.54, 1.807) is 13.1 Å². The van der Waals surface area contributed by atoms with Gasteiger partial charge < -0.3 is 15.4 Å². The molecule has 1 saturated heterocycles. The number of hydrogen-bond donors (Lipinski definition) is 2. The standard InChI is InChI=1S/C19H28F2N4O.HI/c1-3-12-26-17-7-5-4-6-15(17)13-23-19(22-2)24-16-8-10-25(11-9-16)14-18(20)21;/h3-7,16,18H,1,8-14H2,2H3,(H2,22,23,24);1H. The van der Waals surface area contributed by atoms with E-state index in [4.69, 9.17) is 4.74 Å². The van der Waals surface area contributed by atoms with Crippen LogP contribution in [0.1, 0.15) is 18.4 Å². The van der Waals surface area contributed by atoms with E-state index in [0.29, 0.717) is 32.2 Å². The highest BCUT2D eigenvalue weighted by atomic mass is 127. The lowest BCUT2D eigenvalue weighted by Gasteiger charge is -2.32. The zero-order chi connectivity index (χ0) is 18.8. The molecule has 1 aliphatic rings. The van der Waals surface area contributed by atoms with Crippen LogP contribution in [-0.2, 0) is 6.54 Å². The number of nitrogens with zero attached hydrogens (tertiary/aromatic N) is 2. The van der Waals surface area contributed by atoms with Crippen LogP contribution in [0.25, 0.3) is 0 Å². The van der Waals surface area contributed by atoms with Crippen LogP contribution in [0.15, 0.2) is 41.9 Å². The summed E-state index contributed by atoms with van der Waals surface area (Å²) in [6.45, 7) is 5.92. The largest absolute Gasteiger partial charge is 0.489 e. The van der Waals surface area contributed by atoms with Crippen molar-refractivity contribution in [1.82, 2.24) is 15.5 Å². The van der Waals surface area contributed by atoms with Crippen molar-refractivity contribution in [2.75, 3.05) is 33.3 Å². The van der Waals surface area contributed by atoms with Gasteiger partial charge in [-0.25, -0.2) is 8.78 Å². The molecule has 0 radical (unpaired) electrons. The molecule has 0 aliphatic carbocycles. The van der Waals surface area contributed by atoms with Gasteiger partial charge in [-0.2, -0.15) is 0 Å². The Labute approximate surface area is 177 Å². The number of para-hydroxylation sites is 1. The van der Waals surface area contributed by atoms with Gasteiger partial charge in [0.1, 0.15) is 12.4 Å². The topological polar surface area (TPSA) is 48.9 Å². The third-order valence-corrected chi connectivity index (χ3v) is 4.32. The number of piperidine rings is 1. The molecule has 0 aromatic heterocycles. The highest BCUT2D eigenvalue weighted by Gasteiger charge is 2.22. The van der Waals surface area contributed by atoms with Gasteiger partial charge in [-0.15, -0.1) is 24.0 Å². The average Bonchev–Trinajstić information content (AvgIpc) is 2.65. The molecule has 1 aromatic carbocycles. The minimum Gasteiger partial charge on any atom is -0.489 e. The fourth-order valence-corrected chi connectivity index (χ4v) is 2.96. The lowest BCUT2D eigenvalue weighted by molar-refractivity contribution is 0.0744. The van der Waals surface area contributed by atoms with E-state index in [1.165, 1.54) is 0 Å². The first-order valence-electron chi connectivity index (χ1n) is 8.91. The summed E-state index contributed by atoms with van der Waals surface area (Å²) in [6, 6.07) is 8.06. The molecule has 0 amide bonds. The van der Waals surface area contributed by atoms with E-state index in [1.807, 2.05) is 29.2 Å². The molecule has 0 atom stereocenters. The van der Waals surface area contributed by atoms with Crippen LogP contribution in [0.3, 0.4) is 0 Å². The maximum atomic E-state index is 12.5. The predicted octanol–water partition coefficient (Wildman–Crippen LogP) is 3.26. The molecule has 5 nitrogen and oxygen atoms in total. The number of likely N-dealkylation sites (tertiary alicyclic amines) is 1. The van der Waals surface area contributed by atoms with E-state index in [-0.39, 0.29) is 36.6 Å². The first-order valence-corrected chi connectivity index (χ1v) is 8.91. The minimum atomic E-state index is -2.27. The van der Waals surface area contributed by atoms with Crippen molar-refractivity contribution in [3.05, 3.63) is 42.5 Å². The monoisotopic (exact) mass is 494 g/mol. The number of halogens is 3. The maximum Gasteiger partial charge on any atom is 0.251 e. The molecule has 2 rings (SSSR count). The van der Waals surface area contributed by atoms with Crippen molar-refractivity contribution < 1.29 is 13.5 Å². The van der Waals surface area contributed by atoms with Crippen molar-refractivity contribution in [3.63, 3.8) is 0 Å². The molecule has 2 N–H and O–H groups in total. The predicted molar refractivity (Wildman–Crippen MR) is 116 cm³/mol. The molecule has 1 aliphatic heterocycles. The number of hydrogen-bond acceptors (Lipinski definition) is 3. The van der Waals surface area contributed by atoms with E-state index >= 15 is 0 Å². The summed E-state index contributed by atoms with van der Waals surface area (Å²) in [7, 11) is 1.72. The minimum absolute atomic E-state index is 0. The Balaban J connectivity index is 0.00000364. The van der Waals surface area contributed by atoms with Crippen LogP contribution < -0.4 is 15.4 Å². The number of aliphatic imine (C=N–C) groups is 1. The first kappa shape index (κ1) is 23.6. The number of rotatable bonds is 8. The van der Waals surface area contributed by atoms with Crippen molar-refractivity contribution in [2.45, 2.75) is 31.9 Å². The van der Waals surface area contributed by atoms with Gasteiger partial charge in [0.25, 0.3) is 6.43 Å². The summed E-state index contributed by atoms with van der Waals surface area (Å²) >= 11 is 0. The highest BCUT2D eigenvalue weighted by molar-refractivity contribution is 14.0. The summed E-state index contributed by atoms with van der Waals surface area (Å²) in [5.41, 5.74) is 1.03. The van der Waals surface area contributed by atoms with Gasteiger partial charge in [-0.3, -0.25) is 9.89 Å². The van der Waals surface area contributed by atoms with E-state index in [2.05, 4.69) is 22.2 Å². The summed E-state index contributed by atoms with van der Waals surface area (Å²) in [5, 5.41) is 6.67. The quantitative estimate of drug-likeness (QED) is 0.252. The maximum absolute atomic E-state index is 12.5. The Morgan fingerprint density at radius 3 is 2.70 bits per heavy atom. The van der Waals surface area contributed by atoms with Crippen LogP contribution in [0.4, 0.5) is 8.78 Å². The van der Waals surface area contributed by atoms with Gasteiger partial charge in [-0.1, -0.05) is 30.9 Å². The van der Waals surface area contributed by atoms with Crippen LogP contribution in [0, 0.1) is 0 Å². The Kier molecular flexibility index (Phi) is 11.3. The Morgan fingerprint density at radius 2 is 2.07 bits per heavy atom. The fraction of sp³-hybridized carbons (Fsp3) is 0.526. The van der Waals surface area contributed by atoms with E-state index in [0.717, 1.165) is 24.2 Å². The molecule has 27 heavy (non-hydrogen) atoms. The molecule has 152 valence electrons. The van der Waals surface area contributed by atoms with Crippen molar-refractivity contribution in [2.24, 2.45) is 4.99 Å². The molecule has 0 bridgehead atoms. The van der Waals surface area contributed by atoms with Gasteiger partial charge in [0.15, 0.2) is 5.96 Å². The summed E-state index contributed by atoms with van der Waals surface area (Å²) in [4.78, 5) is 6.07. The SMILES string of the molecule is C=CCOc1ccccc1CNC(=NC)NC1CCN(CC(F)F)CC1.I. The van der Waals surface area contributed by atoms with E-state index in [9.17, 15) is 8.78 Å². The van der Waals surface area contributed by atoms with Crippen molar-refractivity contribution in [3.8, 4) is 5.75 Å². The zero-order valence-electron chi connectivity index (χ0n) is 15.7. The second-order valence-corrected chi connectivity index (χ2v) is 6.24. The van der Waals surface area contributed by atoms with Gasteiger partial charge >= 0.3 is 0 Å². The van der Waals surface area contributed by atoms with Crippen LogP contribution in [0.2, 0.25) is 0 Å². The van der Waals surface area contributed by atoms with Gasteiger partial charge in [0.05, 0.1) is 6.54 Å². The Morgan fingerprint density at radius 1 is 1.37 bits per heavy atom. The Bertz CT molecular complexity index is 593. The normalized spacial score (nSPS) is 15.9. The number of benzene rings is 1. The number of ether oxygens (including phenoxy) is 1. The van der Waals surface area contributed by atoms with Gasteiger partial charge in [-0.05, 0) is 18.9 Å². The smallest absolute Gasteiger partial charge is 0.251 e. The highest BCUT2D eigenvalue weighted by Crippen LogP contribution is 2.17. The lowest BCUT2D eigenvalue weighted by Crippen LogP contribution is -2.49. The fourth-order valence-electron chi connectivity index (χ4n) is 2.96. The van der Waals surface area contributed by atoms with Crippen LogP contribution >= 0.6 is 24.0 Å². The first-order chi connectivity index (χ1) is 12.6. The summed E-state index contributed by atoms with van der Waals surface area (Å²) in [6.07, 6.45) is 1.10. The number of nitrogens with one attached hydrogen (secondary N) is 2. The molecule has 0 saturated carbocycles. The summed E-state index contributed by atoms with van der Waals surface area (Å²) < 4.78 is 30.6. The molecule has 1 heterocycles. The molecule has 0 spiro atoms. The zero-order valence-corrected chi connectivity index (χ0v) is 18.0. The lowest BCUT2D eigenvalue weighted by atomic mass is 10.1. The van der Waals surface area contributed by atoms with Crippen LogP contribution in [0.5, 0.6) is 5.75 Å². The summed E-state index contributed by atoms with van der Waals surface area (Å²) in [5.74, 6) is 1.52. The third kappa shape index (κ3) is 8.42. The number of alkyl halides is 2. The second kappa shape index (κ2) is 12.9. The molecule has 1 fully saturated rings. The van der Waals surface area contributed by atoms with Gasteiger partial charge in [0.2, 0.25) is 0 Å². The van der Waals surface area contributed by atoms with Crippen LogP contribution in [-0.4, -0.2) is 56.6 Å². The Hall–Kier alpha value is -1.42. The molecule has 1 aromatic rings. The van der Waals surface area contributed by atoms with E-state index < -0.39 is 6.43 Å². The average molecular weight is 494 g/mol.